The van der Waals surface area contributed by atoms with Crippen LogP contribution < -0.4 is 10.5 Å². The number of rotatable bonds is 5. The maximum atomic E-state index is 12.9. The Kier molecular flexibility index (Phi) is 7.02. The van der Waals surface area contributed by atoms with E-state index < -0.39 is 0 Å². The Bertz CT molecular complexity index is 1510. The molecule has 3 heterocycles. The van der Waals surface area contributed by atoms with Crippen LogP contribution in [0.2, 0.25) is 0 Å². The van der Waals surface area contributed by atoms with Gasteiger partial charge in [-0.25, -0.2) is 0 Å². The van der Waals surface area contributed by atoms with E-state index in [1.807, 2.05) is 0 Å². The minimum atomic E-state index is -0.179. The molecule has 38 heavy (non-hydrogen) atoms. The Hall–Kier alpha value is -3.99. The zero-order valence-electron chi connectivity index (χ0n) is 22.3. The number of piperazine rings is 1. The first-order chi connectivity index (χ1) is 18.3. The Balaban J connectivity index is 1.58. The number of aromatic nitrogens is 2. The van der Waals surface area contributed by atoms with Crippen LogP contribution in [-0.4, -0.2) is 51.3 Å². The first kappa shape index (κ1) is 25.7. The fraction of sp³-hybridized carbons (Fsp3) is 0.323. The molecule has 0 amide bonds. The van der Waals surface area contributed by atoms with Gasteiger partial charge in [-0.1, -0.05) is 66.2 Å². The molecule has 1 fully saturated rings. The van der Waals surface area contributed by atoms with Crippen LogP contribution in [0.15, 0.2) is 71.5 Å². The number of fused-ring (bicyclic) bond motifs is 1. The van der Waals surface area contributed by atoms with E-state index in [0.29, 0.717) is 35.6 Å². The van der Waals surface area contributed by atoms with E-state index in [0.717, 1.165) is 0 Å². The minimum absolute atomic E-state index is 0.0230. The van der Waals surface area contributed by atoms with Crippen molar-refractivity contribution in [2.45, 2.75) is 38.9 Å². The Morgan fingerprint density at radius 2 is 1.61 bits per heavy atom. The van der Waals surface area contributed by atoms with Gasteiger partial charge in [-0.15, -0.1) is 4.98 Å². The smallest absolute Gasteiger partial charge is 0.270 e. The van der Waals surface area contributed by atoms with Crippen molar-refractivity contribution >= 4 is 22.5 Å². The Morgan fingerprint density at radius 3 is 2.16 bits per heavy atom. The van der Waals surface area contributed by atoms with E-state index in [1.54, 1.807) is 29.8 Å². The molecule has 0 unspecified atom stereocenters. The van der Waals surface area contributed by atoms with Crippen molar-refractivity contribution in [1.29, 1.82) is 0 Å². The topological polar surface area (TPSA) is 66.0 Å². The highest BCUT2D eigenvalue weighted by atomic mass is 16.3. The zero-order chi connectivity index (χ0) is 27.0. The molecule has 5 rings (SSSR count). The van der Waals surface area contributed by atoms with E-state index in [9.17, 15) is 9.90 Å². The summed E-state index contributed by atoms with van der Waals surface area (Å²) in [5, 5.41) is 10.6. The number of benzene rings is 2. The number of aliphatic hydroxyl groups is 1. The van der Waals surface area contributed by atoms with Crippen molar-refractivity contribution in [3.63, 3.8) is 0 Å². The lowest BCUT2D eigenvalue weighted by Gasteiger charge is -2.49. The summed E-state index contributed by atoms with van der Waals surface area (Å²) in [7, 11) is 1.72. The number of anilines is 1. The number of hydrogen-bond donors (Lipinski definition) is 1. The third-order valence-corrected chi connectivity index (χ3v) is 7.69. The van der Waals surface area contributed by atoms with Gasteiger partial charge in [0.15, 0.2) is 0 Å². The summed E-state index contributed by atoms with van der Waals surface area (Å²) in [5.74, 6) is 0.293. The molecular formula is C31H33N5O2. The molecule has 7 heteroatoms. The van der Waals surface area contributed by atoms with E-state index >= 15 is 0 Å². The minimum Gasteiger partial charge on any atom is -0.395 e. The molecule has 1 aliphatic heterocycles. The average molecular weight is 508 g/mol. The van der Waals surface area contributed by atoms with Crippen molar-refractivity contribution in [3.8, 4) is 0 Å². The fourth-order valence-electron chi connectivity index (χ4n) is 5.53. The molecular weight excluding hydrogens is 474 g/mol. The highest BCUT2D eigenvalue weighted by Gasteiger charge is 2.38. The molecule has 4 aromatic rings. The highest BCUT2D eigenvalue weighted by molar-refractivity contribution is 5.89. The molecule has 0 bridgehead atoms. The van der Waals surface area contributed by atoms with Crippen LogP contribution in [0.4, 0.5) is 11.5 Å². The lowest BCUT2D eigenvalue weighted by atomic mass is 9.92. The first-order valence-electron chi connectivity index (χ1n) is 13.0. The van der Waals surface area contributed by atoms with Crippen molar-refractivity contribution in [1.82, 2.24) is 14.5 Å². The predicted octanol–water partition coefficient (Wildman–Crippen LogP) is 4.76. The van der Waals surface area contributed by atoms with Crippen LogP contribution in [0, 0.1) is 20.4 Å². The Morgan fingerprint density at radius 1 is 1.00 bits per heavy atom. The summed E-state index contributed by atoms with van der Waals surface area (Å²) in [6.07, 6.45) is 0. The SMILES string of the molecule is [C-]#[N+]c1ccc2c(n1)c(N1C[C@@H](CO)N(C(c3ccc(C)cc3)c3ccc(C)cc3)C[C@@H]1C)cc(=O)n2C. The van der Waals surface area contributed by atoms with Gasteiger partial charge in [0, 0.05) is 32.2 Å². The summed E-state index contributed by atoms with van der Waals surface area (Å²) in [6.45, 7) is 14.9. The fourth-order valence-corrected chi connectivity index (χ4v) is 5.53. The maximum Gasteiger partial charge on any atom is 0.270 e. The normalized spacial score (nSPS) is 18.2. The summed E-state index contributed by atoms with van der Waals surface area (Å²) < 4.78 is 1.56. The molecule has 0 radical (unpaired) electrons. The monoisotopic (exact) mass is 507 g/mol. The second kappa shape index (κ2) is 10.4. The Labute approximate surface area is 223 Å². The van der Waals surface area contributed by atoms with E-state index in [1.165, 1.54) is 22.3 Å². The van der Waals surface area contributed by atoms with Gasteiger partial charge < -0.3 is 19.4 Å². The van der Waals surface area contributed by atoms with Crippen LogP contribution >= 0.6 is 0 Å². The molecule has 1 N–H and O–H groups in total. The van der Waals surface area contributed by atoms with Crippen LogP contribution in [0.3, 0.4) is 0 Å². The van der Waals surface area contributed by atoms with E-state index in [2.05, 4.69) is 88.9 Å². The van der Waals surface area contributed by atoms with Gasteiger partial charge in [-0.3, -0.25) is 9.69 Å². The standard InChI is InChI=1S/C31H33N5O2/c1-20-6-10-23(11-7-20)31(24-12-8-21(2)9-13-24)36-17-22(3)35(18-25(36)19-37)27-16-29(38)34(5)26-14-15-28(32-4)33-30(26)27/h6-16,22,25,31,37H,17-19H2,1-3,5H3/t22-,25-/m0/s1. The first-order valence-corrected chi connectivity index (χ1v) is 13.0. The van der Waals surface area contributed by atoms with Gasteiger partial charge in [0.1, 0.15) is 0 Å². The molecule has 2 aromatic heterocycles. The number of hydrogen-bond acceptors (Lipinski definition) is 5. The zero-order valence-corrected chi connectivity index (χ0v) is 22.3. The molecule has 0 spiro atoms. The van der Waals surface area contributed by atoms with E-state index in [4.69, 9.17) is 6.57 Å². The third kappa shape index (κ3) is 4.69. The predicted molar refractivity (Wildman–Crippen MR) is 152 cm³/mol. The quantitative estimate of drug-likeness (QED) is 0.395. The second-order valence-corrected chi connectivity index (χ2v) is 10.3. The van der Waals surface area contributed by atoms with Gasteiger partial charge in [0.25, 0.3) is 11.4 Å². The summed E-state index contributed by atoms with van der Waals surface area (Å²) in [6, 6.07) is 22.1. The summed E-state index contributed by atoms with van der Waals surface area (Å²) in [5.41, 5.74) is 6.67. The molecule has 2 atom stereocenters. The van der Waals surface area contributed by atoms with Crippen LogP contribution in [-0.2, 0) is 7.05 Å². The molecule has 0 aliphatic carbocycles. The molecule has 1 aliphatic rings. The van der Waals surface area contributed by atoms with E-state index in [-0.39, 0.29) is 30.3 Å². The maximum absolute atomic E-state index is 12.9. The molecule has 194 valence electrons. The molecule has 1 saturated heterocycles. The number of nitrogens with zero attached hydrogens (tertiary/aromatic N) is 5. The molecule has 7 nitrogen and oxygen atoms in total. The number of aryl methyl sites for hydroxylation is 3. The van der Waals surface area contributed by atoms with Crippen LogP contribution in [0.5, 0.6) is 0 Å². The van der Waals surface area contributed by atoms with Crippen molar-refractivity contribution in [2.75, 3.05) is 24.6 Å². The lowest BCUT2D eigenvalue weighted by Crippen LogP contribution is -2.59. The van der Waals surface area contributed by atoms with Gasteiger partial charge in [-0.05, 0) is 44.0 Å². The largest absolute Gasteiger partial charge is 0.395 e. The highest BCUT2D eigenvalue weighted by Crippen LogP contribution is 2.36. The average Bonchev–Trinajstić information content (AvgIpc) is 2.93. The van der Waals surface area contributed by atoms with Gasteiger partial charge in [-0.2, -0.15) is 0 Å². The molecule has 0 saturated carbocycles. The lowest BCUT2D eigenvalue weighted by molar-refractivity contribution is 0.0727. The second-order valence-electron chi connectivity index (χ2n) is 10.3. The molecule has 2 aromatic carbocycles. The summed E-state index contributed by atoms with van der Waals surface area (Å²) in [4.78, 5) is 25.5. The number of pyridine rings is 2. The van der Waals surface area contributed by atoms with Gasteiger partial charge in [0.05, 0.1) is 29.9 Å². The van der Waals surface area contributed by atoms with Crippen molar-refractivity contribution in [2.24, 2.45) is 7.05 Å². The van der Waals surface area contributed by atoms with Crippen LogP contribution in [0.1, 0.15) is 35.2 Å². The van der Waals surface area contributed by atoms with Crippen molar-refractivity contribution < 1.29 is 5.11 Å². The van der Waals surface area contributed by atoms with Crippen LogP contribution in [0.25, 0.3) is 15.9 Å². The van der Waals surface area contributed by atoms with Crippen molar-refractivity contribution in [3.05, 3.63) is 111 Å². The number of aliphatic hydroxyl groups excluding tert-OH is 1. The summed E-state index contributed by atoms with van der Waals surface area (Å²) >= 11 is 0. The van der Waals surface area contributed by atoms with Gasteiger partial charge >= 0.3 is 0 Å². The van der Waals surface area contributed by atoms with Gasteiger partial charge in [0.2, 0.25) is 5.52 Å². The third-order valence-electron chi connectivity index (χ3n) is 7.69.